The summed E-state index contributed by atoms with van der Waals surface area (Å²) in [4.78, 5) is 37.9. The molecule has 3 rings (SSSR count). The zero-order valence-electron chi connectivity index (χ0n) is 18.0. The third-order valence-corrected chi connectivity index (χ3v) is 4.88. The molecule has 176 valence electrons. The van der Waals surface area contributed by atoms with Gasteiger partial charge in [-0.25, -0.2) is 24.8 Å². The normalized spacial score (nSPS) is 11.9. The first-order chi connectivity index (χ1) is 15.8. The van der Waals surface area contributed by atoms with Crippen molar-refractivity contribution in [1.82, 2.24) is 30.4 Å². The van der Waals surface area contributed by atoms with E-state index in [2.05, 4.69) is 36.5 Å². The Hall–Kier alpha value is -3.03. The molecule has 0 radical (unpaired) electrons. The second-order valence-electron chi connectivity index (χ2n) is 6.69. The quantitative estimate of drug-likeness (QED) is 0.261. The molecule has 3 aromatic rings. The molecule has 33 heavy (non-hydrogen) atoms. The largest absolute Gasteiger partial charge is 0.375 e. The summed E-state index contributed by atoms with van der Waals surface area (Å²) in [6, 6.07) is 2.39. The number of hydrogen-bond donors (Lipinski definition) is 4. The SMILES string of the molecule is CNCCONC(=O)c1ncc(NC(=O)Nc2cnc3cc(Cl)nn3c2[C@H](C)OC)cc1Cl. The number of anilines is 2. The highest BCUT2D eigenvalue weighted by Crippen LogP contribution is 2.26. The lowest BCUT2D eigenvalue weighted by Gasteiger charge is -2.17. The lowest BCUT2D eigenvalue weighted by atomic mass is 10.2. The van der Waals surface area contributed by atoms with Crippen LogP contribution < -0.4 is 21.4 Å². The van der Waals surface area contributed by atoms with E-state index < -0.39 is 18.0 Å². The van der Waals surface area contributed by atoms with Crippen LogP contribution in [-0.4, -0.2) is 58.8 Å². The minimum Gasteiger partial charge on any atom is -0.375 e. The molecule has 0 bridgehead atoms. The fraction of sp³-hybridized carbons (Fsp3) is 0.316. The average Bonchev–Trinajstić information content (AvgIpc) is 3.16. The Balaban J connectivity index is 1.71. The van der Waals surface area contributed by atoms with Crippen molar-refractivity contribution in [2.45, 2.75) is 13.0 Å². The summed E-state index contributed by atoms with van der Waals surface area (Å²) in [7, 11) is 3.29. The van der Waals surface area contributed by atoms with Crippen LogP contribution >= 0.6 is 23.2 Å². The molecule has 0 aliphatic heterocycles. The number of pyridine rings is 1. The molecule has 0 saturated carbocycles. The van der Waals surface area contributed by atoms with E-state index in [4.69, 9.17) is 32.8 Å². The number of hydrogen-bond acceptors (Lipinski definition) is 8. The van der Waals surface area contributed by atoms with Gasteiger partial charge in [-0.3, -0.25) is 9.63 Å². The van der Waals surface area contributed by atoms with Crippen molar-refractivity contribution >= 4 is 52.2 Å². The molecule has 1 atom stereocenters. The van der Waals surface area contributed by atoms with Gasteiger partial charge in [0.1, 0.15) is 5.69 Å². The molecule has 0 fully saturated rings. The number of methoxy groups -OCH3 is 1. The summed E-state index contributed by atoms with van der Waals surface area (Å²) in [5.41, 5.74) is 3.88. The second-order valence-corrected chi connectivity index (χ2v) is 7.48. The molecular formula is C19H22Cl2N8O4. The highest BCUT2D eigenvalue weighted by molar-refractivity contribution is 6.33. The molecule has 3 heterocycles. The van der Waals surface area contributed by atoms with Gasteiger partial charge in [-0.05, 0) is 20.0 Å². The lowest BCUT2D eigenvalue weighted by Crippen LogP contribution is -2.28. The molecule has 0 unspecified atom stereocenters. The smallest absolute Gasteiger partial charge is 0.323 e. The standard InChI is InChI=1S/C19H22Cl2N8O4/c1-10(32-3)17-13(9-23-15-7-14(21)27-29(15)17)26-19(31)25-11-6-12(20)16(24-8-11)18(30)28-33-5-4-22-2/h6-10,22H,4-5H2,1-3H3,(H,28,30)(H2,25,26,31)/t10-/m0/s1. The number of rotatable bonds is 9. The lowest BCUT2D eigenvalue weighted by molar-refractivity contribution is 0.0324. The molecular weight excluding hydrogens is 475 g/mol. The van der Waals surface area contributed by atoms with E-state index in [0.29, 0.717) is 23.6 Å². The number of fused-ring (bicyclic) bond motifs is 1. The molecule has 0 aliphatic carbocycles. The highest BCUT2D eigenvalue weighted by Gasteiger charge is 2.19. The number of likely N-dealkylation sites (N-methyl/N-ethyl adjacent to an activating group) is 1. The predicted molar refractivity (Wildman–Crippen MR) is 123 cm³/mol. The first-order valence-corrected chi connectivity index (χ1v) is 10.5. The van der Waals surface area contributed by atoms with Crippen molar-refractivity contribution in [3.8, 4) is 0 Å². The number of amides is 3. The first-order valence-electron chi connectivity index (χ1n) is 9.71. The van der Waals surface area contributed by atoms with Crippen LogP contribution in [0.3, 0.4) is 0 Å². The Morgan fingerprint density at radius 2 is 1.97 bits per heavy atom. The van der Waals surface area contributed by atoms with E-state index >= 15 is 0 Å². The predicted octanol–water partition coefficient (Wildman–Crippen LogP) is 2.66. The van der Waals surface area contributed by atoms with Crippen LogP contribution in [0.15, 0.2) is 24.5 Å². The average molecular weight is 497 g/mol. The van der Waals surface area contributed by atoms with E-state index in [1.807, 2.05) is 0 Å². The number of carbonyl (C=O) groups excluding carboxylic acids is 2. The molecule has 0 spiro atoms. The maximum Gasteiger partial charge on any atom is 0.323 e. The van der Waals surface area contributed by atoms with Crippen molar-refractivity contribution in [2.24, 2.45) is 0 Å². The molecule has 0 aliphatic rings. The van der Waals surface area contributed by atoms with Crippen molar-refractivity contribution < 1.29 is 19.2 Å². The molecule has 14 heteroatoms. The third kappa shape index (κ3) is 6.06. The summed E-state index contributed by atoms with van der Waals surface area (Å²) in [5.74, 6) is -0.609. The van der Waals surface area contributed by atoms with E-state index in [9.17, 15) is 9.59 Å². The van der Waals surface area contributed by atoms with Gasteiger partial charge in [0.15, 0.2) is 10.8 Å². The van der Waals surface area contributed by atoms with Crippen LogP contribution in [0.5, 0.6) is 0 Å². The number of hydroxylamine groups is 1. The molecule has 12 nitrogen and oxygen atoms in total. The van der Waals surface area contributed by atoms with Crippen LogP contribution in [0.4, 0.5) is 16.2 Å². The zero-order chi connectivity index (χ0) is 24.0. The number of ether oxygens (including phenoxy) is 1. The Kier molecular flexibility index (Phi) is 8.36. The van der Waals surface area contributed by atoms with Crippen molar-refractivity contribution in [3.05, 3.63) is 46.1 Å². The number of urea groups is 1. The van der Waals surface area contributed by atoms with Crippen LogP contribution in [0, 0.1) is 0 Å². The van der Waals surface area contributed by atoms with E-state index in [-0.39, 0.29) is 28.2 Å². The Bertz CT molecular complexity index is 1160. The number of nitrogens with zero attached hydrogens (tertiary/aromatic N) is 4. The number of nitrogens with one attached hydrogen (secondary N) is 4. The summed E-state index contributed by atoms with van der Waals surface area (Å²) in [6.07, 6.45) is 2.34. The zero-order valence-corrected chi connectivity index (χ0v) is 19.5. The minimum atomic E-state index is -0.609. The van der Waals surface area contributed by atoms with E-state index in [1.165, 1.54) is 30.1 Å². The van der Waals surface area contributed by atoms with Gasteiger partial charge in [-0.2, -0.15) is 5.10 Å². The third-order valence-electron chi connectivity index (χ3n) is 4.41. The van der Waals surface area contributed by atoms with Gasteiger partial charge in [0.2, 0.25) is 0 Å². The monoisotopic (exact) mass is 496 g/mol. The van der Waals surface area contributed by atoms with Crippen molar-refractivity contribution in [3.63, 3.8) is 0 Å². The van der Waals surface area contributed by atoms with Crippen LogP contribution in [0.1, 0.15) is 29.2 Å². The Labute approximate surface area is 198 Å². The van der Waals surface area contributed by atoms with Gasteiger partial charge in [-0.1, -0.05) is 23.2 Å². The maximum atomic E-state index is 12.6. The fourth-order valence-electron chi connectivity index (χ4n) is 2.80. The van der Waals surface area contributed by atoms with Gasteiger partial charge in [-0.15, -0.1) is 0 Å². The van der Waals surface area contributed by atoms with Crippen molar-refractivity contribution in [2.75, 3.05) is 37.9 Å². The van der Waals surface area contributed by atoms with Crippen LogP contribution in [0.2, 0.25) is 10.2 Å². The number of halogens is 2. The summed E-state index contributed by atoms with van der Waals surface area (Å²) in [6.45, 7) is 2.62. The first kappa shape index (κ1) is 24.6. The van der Waals surface area contributed by atoms with Crippen LogP contribution in [0.25, 0.3) is 5.65 Å². The Morgan fingerprint density at radius 1 is 1.18 bits per heavy atom. The number of carbonyl (C=O) groups is 2. The fourth-order valence-corrected chi connectivity index (χ4v) is 3.22. The minimum absolute atomic E-state index is 0.0329. The topological polar surface area (TPSA) is 144 Å². The van der Waals surface area contributed by atoms with Gasteiger partial charge in [0, 0.05) is 19.7 Å². The van der Waals surface area contributed by atoms with Gasteiger partial charge >= 0.3 is 6.03 Å². The van der Waals surface area contributed by atoms with Gasteiger partial charge < -0.3 is 20.7 Å². The van der Waals surface area contributed by atoms with Gasteiger partial charge in [0.05, 0.1) is 47.2 Å². The molecule has 0 aromatic carbocycles. The summed E-state index contributed by atoms with van der Waals surface area (Å²) in [5, 5.41) is 12.7. The molecule has 4 N–H and O–H groups in total. The van der Waals surface area contributed by atoms with Crippen molar-refractivity contribution in [1.29, 1.82) is 0 Å². The second kappa shape index (κ2) is 11.2. The van der Waals surface area contributed by atoms with Crippen LogP contribution in [-0.2, 0) is 9.57 Å². The molecule has 3 aromatic heterocycles. The van der Waals surface area contributed by atoms with E-state index in [1.54, 1.807) is 20.0 Å². The molecule has 3 amide bonds. The number of aromatic nitrogens is 4. The van der Waals surface area contributed by atoms with Gasteiger partial charge in [0.25, 0.3) is 5.91 Å². The van der Waals surface area contributed by atoms with E-state index in [0.717, 1.165) is 0 Å². The maximum absolute atomic E-state index is 12.6. The highest BCUT2D eigenvalue weighted by atomic mass is 35.5. The summed E-state index contributed by atoms with van der Waals surface area (Å²) >= 11 is 12.1. The summed E-state index contributed by atoms with van der Waals surface area (Å²) < 4.78 is 6.90. The Morgan fingerprint density at radius 3 is 2.67 bits per heavy atom. The molecule has 0 saturated heterocycles.